The zero-order valence-corrected chi connectivity index (χ0v) is 22.3. The van der Waals surface area contributed by atoms with Crippen LogP contribution in [0.5, 0.6) is 5.88 Å². The van der Waals surface area contributed by atoms with Gasteiger partial charge in [0, 0.05) is 49.2 Å². The Kier molecular flexibility index (Phi) is 7.29. The molecule has 3 aromatic heterocycles. The lowest BCUT2D eigenvalue weighted by molar-refractivity contribution is 0.211. The normalized spacial score (nSPS) is 14.1. The van der Waals surface area contributed by atoms with Gasteiger partial charge in [-0.15, -0.1) is 0 Å². The first-order chi connectivity index (χ1) is 19.7. The number of likely N-dealkylation sites (tertiary alicyclic amines) is 1. The minimum Gasteiger partial charge on any atom is -0.481 e. The number of pyridine rings is 2. The van der Waals surface area contributed by atoms with E-state index >= 15 is 0 Å². The largest absolute Gasteiger partial charge is 0.481 e. The lowest BCUT2D eigenvalue weighted by Gasteiger charge is -2.32. The Labute approximate surface area is 233 Å². The fourth-order valence-corrected chi connectivity index (χ4v) is 5.26. The van der Waals surface area contributed by atoms with Gasteiger partial charge in [0.25, 0.3) is 0 Å². The standard InChI is InChI=1S/C32H29N7O/c1-40-32-27-19-26(23-5-3-2-4-6-23)31(37-28(27)11-15-35-32)24-9-7-22(8-10-24)21-39-17-13-25(14-18-39)36-29-12-16-34-30(20-33)38-29/h2-12,15-16,19,25H,13-14,17-18,21H2,1H3,(H,34,36,38). The van der Waals surface area contributed by atoms with Crippen molar-refractivity contribution in [1.29, 1.82) is 5.26 Å². The van der Waals surface area contributed by atoms with E-state index in [4.69, 9.17) is 15.0 Å². The van der Waals surface area contributed by atoms with Crippen LogP contribution < -0.4 is 10.1 Å². The average Bonchev–Trinajstić information content (AvgIpc) is 3.02. The zero-order chi connectivity index (χ0) is 27.3. The van der Waals surface area contributed by atoms with Crippen LogP contribution in [-0.2, 0) is 6.54 Å². The Balaban J connectivity index is 1.18. The summed E-state index contributed by atoms with van der Waals surface area (Å²) in [6, 6.07) is 27.3. The van der Waals surface area contributed by atoms with E-state index in [1.165, 1.54) is 5.56 Å². The molecule has 198 valence electrons. The van der Waals surface area contributed by atoms with Gasteiger partial charge in [-0.2, -0.15) is 5.26 Å². The number of piperidine rings is 1. The number of nitriles is 1. The van der Waals surface area contributed by atoms with E-state index in [0.29, 0.717) is 17.7 Å². The number of nitrogens with one attached hydrogen (secondary N) is 1. The Morgan fingerprint density at radius 2 is 1.70 bits per heavy atom. The first kappa shape index (κ1) is 25.4. The van der Waals surface area contributed by atoms with Crippen LogP contribution in [0.3, 0.4) is 0 Å². The molecule has 5 aromatic rings. The fraction of sp³-hybridized carbons (Fsp3) is 0.219. The van der Waals surface area contributed by atoms with Crippen molar-refractivity contribution in [3.8, 4) is 34.3 Å². The average molecular weight is 528 g/mol. The van der Waals surface area contributed by atoms with Crippen molar-refractivity contribution in [3.05, 3.63) is 96.6 Å². The van der Waals surface area contributed by atoms with Crippen LogP contribution in [0.4, 0.5) is 5.82 Å². The van der Waals surface area contributed by atoms with E-state index in [1.54, 1.807) is 19.5 Å². The van der Waals surface area contributed by atoms with Gasteiger partial charge in [-0.3, -0.25) is 4.90 Å². The number of hydrogen-bond acceptors (Lipinski definition) is 8. The molecule has 1 aliphatic heterocycles. The lowest BCUT2D eigenvalue weighted by Crippen LogP contribution is -2.38. The summed E-state index contributed by atoms with van der Waals surface area (Å²) in [5, 5.41) is 13.4. The van der Waals surface area contributed by atoms with Crippen molar-refractivity contribution in [1.82, 2.24) is 24.8 Å². The van der Waals surface area contributed by atoms with Gasteiger partial charge >= 0.3 is 0 Å². The first-order valence-corrected chi connectivity index (χ1v) is 13.4. The molecule has 40 heavy (non-hydrogen) atoms. The molecular weight excluding hydrogens is 498 g/mol. The molecule has 2 aromatic carbocycles. The van der Waals surface area contributed by atoms with Crippen LogP contribution in [0.1, 0.15) is 24.2 Å². The third-order valence-corrected chi connectivity index (χ3v) is 7.31. The molecule has 0 bridgehead atoms. The van der Waals surface area contributed by atoms with Crippen LogP contribution >= 0.6 is 0 Å². The number of hydrogen-bond donors (Lipinski definition) is 1. The summed E-state index contributed by atoms with van der Waals surface area (Å²) in [5.41, 5.74) is 6.29. The van der Waals surface area contributed by atoms with Crippen LogP contribution in [0.2, 0.25) is 0 Å². The number of methoxy groups -OCH3 is 1. The number of rotatable bonds is 7. The molecule has 0 amide bonds. The highest BCUT2D eigenvalue weighted by Crippen LogP contribution is 2.35. The fourth-order valence-electron chi connectivity index (χ4n) is 5.26. The third kappa shape index (κ3) is 5.46. The van der Waals surface area contributed by atoms with Gasteiger partial charge in [-0.25, -0.2) is 19.9 Å². The molecule has 0 radical (unpaired) electrons. The second-order valence-electron chi connectivity index (χ2n) is 9.91. The Morgan fingerprint density at radius 1 is 0.925 bits per heavy atom. The topological polar surface area (TPSA) is 99.9 Å². The van der Waals surface area contributed by atoms with Crippen LogP contribution in [0.25, 0.3) is 33.3 Å². The van der Waals surface area contributed by atoms with Gasteiger partial charge in [0.2, 0.25) is 11.7 Å². The van der Waals surface area contributed by atoms with E-state index in [9.17, 15) is 0 Å². The van der Waals surface area contributed by atoms with E-state index in [-0.39, 0.29) is 5.82 Å². The van der Waals surface area contributed by atoms with Gasteiger partial charge in [0.05, 0.1) is 23.7 Å². The maximum atomic E-state index is 9.03. The van der Waals surface area contributed by atoms with Crippen molar-refractivity contribution >= 4 is 16.7 Å². The molecule has 0 aliphatic carbocycles. The van der Waals surface area contributed by atoms with Gasteiger partial charge in [-0.05, 0) is 42.2 Å². The SMILES string of the molecule is COc1nccc2nc(-c3ccc(CN4CCC(Nc5ccnc(C#N)n5)CC4)cc3)c(-c3ccccc3)cc12. The first-order valence-electron chi connectivity index (χ1n) is 13.4. The second-order valence-corrected chi connectivity index (χ2v) is 9.91. The minimum absolute atomic E-state index is 0.192. The molecule has 1 N–H and O–H groups in total. The van der Waals surface area contributed by atoms with E-state index in [1.807, 2.05) is 36.4 Å². The molecular formula is C32H29N7O. The summed E-state index contributed by atoms with van der Waals surface area (Å²) in [6.45, 7) is 2.89. The molecule has 0 saturated carbocycles. The van der Waals surface area contributed by atoms with Crippen molar-refractivity contribution in [2.24, 2.45) is 0 Å². The summed E-state index contributed by atoms with van der Waals surface area (Å²) < 4.78 is 5.52. The highest BCUT2D eigenvalue weighted by molar-refractivity contribution is 5.93. The summed E-state index contributed by atoms with van der Waals surface area (Å²) in [4.78, 5) is 20.1. The smallest absolute Gasteiger partial charge is 0.234 e. The highest BCUT2D eigenvalue weighted by atomic mass is 16.5. The number of nitrogens with zero attached hydrogens (tertiary/aromatic N) is 6. The zero-order valence-electron chi connectivity index (χ0n) is 22.3. The van der Waals surface area contributed by atoms with Gasteiger partial charge < -0.3 is 10.1 Å². The Bertz CT molecular complexity index is 1660. The van der Waals surface area contributed by atoms with Crippen LogP contribution in [-0.4, -0.2) is 51.1 Å². The van der Waals surface area contributed by atoms with Crippen molar-refractivity contribution in [2.45, 2.75) is 25.4 Å². The van der Waals surface area contributed by atoms with E-state index in [2.05, 4.69) is 67.6 Å². The maximum absolute atomic E-state index is 9.03. The molecule has 0 spiro atoms. The van der Waals surface area contributed by atoms with Gasteiger partial charge in [-0.1, -0.05) is 54.6 Å². The van der Waals surface area contributed by atoms with Crippen LogP contribution in [0.15, 0.2) is 85.2 Å². The number of aromatic nitrogens is 4. The number of benzene rings is 2. The molecule has 1 saturated heterocycles. The monoisotopic (exact) mass is 527 g/mol. The lowest BCUT2D eigenvalue weighted by atomic mass is 9.97. The number of ether oxygens (including phenoxy) is 1. The summed E-state index contributed by atoms with van der Waals surface area (Å²) >= 11 is 0. The van der Waals surface area contributed by atoms with Crippen LogP contribution in [0, 0.1) is 11.3 Å². The summed E-state index contributed by atoms with van der Waals surface area (Å²) in [6.07, 6.45) is 5.39. The minimum atomic E-state index is 0.192. The van der Waals surface area contributed by atoms with E-state index < -0.39 is 0 Å². The van der Waals surface area contributed by atoms with Gasteiger partial charge in [0.1, 0.15) is 11.9 Å². The third-order valence-electron chi connectivity index (χ3n) is 7.31. The maximum Gasteiger partial charge on any atom is 0.234 e. The second kappa shape index (κ2) is 11.5. The Hall–Kier alpha value is -4.87. The predicted octanol–water partition coefficient (Wildman–Crippen LogP) is 5.71. The molecule has 4 heterocycles. The molecule has 0 atom stereocenters. The molecule has 8 nitrogen and oxygen atoms in total. The molecule has 8 heteroatoms. The number of anilines is 1. The van der Waals surface area contributed by atoms with E-state index in [0.717, 1.165) is 65.8 Å². The Morgan fingerprint density at radius 3 is 2.45 bits per heavy atom. The van der Waals surface area contributed by atoms with Crippen molar-refractivity contribution in [2.75, 3.05) is 25.5 Å². The quantitative estimate of drug-likeness (QED) is 0.287. The summed E-state index contributed by atoms with van der Waals surface area (Å²) in [7, 11) is 1.64. The van der Waals surface area contributed by atoms with Crippen molar-refractivity contribution < 1.29 is 4.74 Å². The summed E-state index contributed by atoms with van der Waals surface area (Å²) in [5.74, 6) is 1.48. The van der Waals surface area contributed by atoms with Gasteiger partial charge in [0.15, 0.2) is 0 Å². The van der Waals surface area contributed by atoms with Crippen molar-refractivity contribution in [3.63, 3.8) is 0 Å². The number of fused-ring (bicyclic) bond motifs is 1. The highest BCUT2D eigenvalue weighted by Gasteiger charge is 2.20. The molecule has 6 rings (SSSR count). The predicted molar refractivity (Wildman–Crippen MR) is 156 cm³/mol. The molecule has 1 fully saturated rings. The molecule has 1 aliphatic rings. The molecule has 0 unspecified atom stereocenters.